The molecule has 0 saturated carbocycles. The summed E-state index contributed by atoms with van der Waals surface area (Å²) in [7, 11) is 0. The van der Waals surface area contributed by atoms with Gasteiger partial charge in [0.1, 0.15) is 11.5 Å². The summed E-state index contributed by atoms with van der Waals surface area (Å²) in [5.74, 6) is 1.50. The maximum absolute atomic E-state index is 5.95. The molecule has 25 heavy (non-hydrogen) atoms. The summed E-state index contributed by atoms with van der Waals surface area (Å²) in [6.45, 7) is 0. The lowest BCUT2D eigenvalue weighted by Gasteiger charge is -2.28. The van der Waals surface area contributed by atoms with Crippen molar-refractivity contribution in [1.82, 2.24) is 0 Å². The molecule has 2 atom stereocenters. The van der Waals surface area contributed by atoms with E-state index in [1.54, 1.807) is 0 Å². The van der Waals surface area contributed by atoms with Crippen LogP contribution in [0.5, 0.6) is 11.5 Å². The largest absolute Gasteiger partial charge is 0.459 e. The summed E-state index contributed by atoms with van der Waals surface area (Å²) in [5, 5.41) is 0. The first-order chi connectivity index (χ1) is 12.0. The highest BCUT2D eigenvalue weighted by atomic mass is 79.9. The van der Waals surface area contributed by atoms with E-state index in [0.717, 1.165) is 40.5 Å². The Morgan fingerprint density at radius 2 is 1.12 bits per heavy atom. The van der Waals surface area contributed by atoms with E-state index in [9.17, 15) is 0 Å². The first kappa shape index (κ1) is 17.8. The Labute approximate surface area is 178 Å². The van der Waals surface area contributed by atoms with Crippen LogP contribution in [0, 0.1) is 0 Å². The van der Waals surface area contributed by atoms with Crippen molar-refractivity contribution < 1.29 is 14.2 Å². The Hall–Kier alpha value is -0.600. The predicted octanol–water partition coefficient (Wildman–Crippen LogP) is 6.92. The van der Waals surface area contributed by atoms with Gasteiger partial charge in [-0.05, 0) is 80.4 Å². The van der Waals surface area contributed by atoms with Gasteiger partial charge in [-0.2, -0.15) is 0 Å². The summed E-state index contributed by atoms with van der Waals surface area (Å²) in [6, 6.07) is 7.87. The molecule has 0 bridgehead atoms. The number of hydrogen-bond donors (Lipinski definition) is 0. The van der Waals surface area contributed by atoms with E-state index < -0.39 is 12.6 Å². The van der Waals surface area contributed by atoms with Gasteiger partial charge in [-0.15, -0.1) is 0 Å². The van der Waals surface area contributed by atoms with Crippen molar-refractivity contribution in [2.24, 2.45) is 0 Å². The van der Waals surface area contributed by atoms with Gasteiger partial charge in [0.2, 0.25) is 12.6 Å². The third-order valence-corrected chi connectivity index (χ3v) is 5.77. The first-order valence-corrected chi connectivity index (χ1v) is 10.5. The third kappa shape index (κ3) is 3.76. The van der Waals surface area contributed by atoms with E-state index in [1.165, 1.54) is 0 Å². The molecule has 0 aromatic heterocycles. The molecule has 2 heterocycles. The third-order valence-electron chi connectivity index (χ3n) is 3.68. The molecule has 4 rings (SSSR count). The average molecular weight is 594 g/mol. The minimum atomic E-state index is -0.532. The van der Waals surface area contributed by atoms with Crippen LogP contribution in [0.15, 0.2) is 54.3 Å². The number of benzene rings is 2. The highest BCUT2D eigenvalue weighted by Gasteiger charge is 2.24. The lowest BCUT2D eigenvalue weighted by molar-refractivity contribution is -0.142. The summed E-state index contributed by atoms with van der Waals surface area (Å²) >= 11 is 14.0. The minimum Gasteiger partial charge on any atom is -0.459 e. The Balaban J connectivity index is 1.52. The molecule has 2 aliphatic heterocycles. The zero-order valence-corrected chi connectivity index (χ0v) is 18.9. The first-order valence-electron chi connectivity index (χ1n) is 7.33. The van der Waals surface area contributed by atoms with Gasteiger partial charge in [0.25, 0.3) is 0 Å². The van der Waals surface area contributed by atoms with Crippen LogP contribution in [0.2, 0.25) is 0 Å². The molecule has 2 aliphatic rings. The van der Waals surface area contributed by atoms with Gasteiger partial charge in [0, 0.05) is 20.1 Å². The second-order valence-corrected chi connectivity index (χ2v) is 8.98. The number of ether oxygens (including phenoxy) is 3. The molecular weight excluding hydrogens is 584 g/mol. The highest BCUT2D eigenvalue weighted by Crippen LogP contribution is 2.39. The van der Waals surface area contributed by atoms with Crippen LogP contribution >= 0.6 is 63.7 Å². The van der Waals surface area contributed by atoms with Crippen molar-refractivity contribution in [3.8, 4) is 11.5 Å². The molecular formula is C18H10Br4O3. The van der Waals surface area contributed by atoms with Crippen LogP contribution in [0.25, 0.3) is 12.2 Å². The van der Waals surface area contributed by atoms with E-state index in [0.29, 0.717) is 0 Å². The van der Waals surface area contributed by atoms with E-state index >= 15 is 0 Å². The van der Waals surface area contributed by atoms with Crippen molar-refractivity contribution in [2.45, 2.75) is 12.6 Å². The van der Waals surface area contributed by atoms with E-state index in [1.807, 2.05) is 48.6 Å². The second-order valence-electron chi connectivity index (χ2n) is 5.44. The Morgan fingerprint density at radius 1 is 0.680 bits per heavy atom. The Kier molecular flexibility index (Phi) is 5.12. The van der Waals surface area contributed by atoms with Crippen molar-refractivity contribution >= 4 is 75.9 Å². The maximum Gasteiger partial charge on any atom is 0.223 e. The molecule has 128 valence electrons. The fourth-order valence-corrected chi connectivity index (χ4v) is 5.31. The molecule has 3 nitrogen and oxygen atoms in total. The standard InChI is InChI=1S/C18H10Br4O3/c19-11-5-9-1-3-15(24-17(9)13(21)7-11)23-16-4-2-10-6-12(20)8-14(22)18(10)25-16/h1-8,15-16H. The van der Waals surface area contributed by atoms with Gasteiger partial charge in [0.15, 0.2) is 0 Å². The molecule has 0 radical (unpaired) electrons. The molecule has 2 unspecified atom stereocenters. The average Bonchev–Trinajstić information content (AvgIpc) is 2.56. The van der Waals surface area contributed by atoms with Gasteiger partial charge >= 0.3 is 0 Å². The normalized spacial score (nSPS) is 20.5. The van der Waals surface area contributed by atoms with Gasteiger partial charge in [0.05, 0.1) is 8.95 Å². The summed E-state index contributed by atoms with van der Waals surface area (Å²) < 4.78 is 21.5. The van der Waals surface area contributed by atoms with Crippen LogP contribution < -0.4 is 9.47 Å². The Morgan fingerprint density at radius 3 is 1.56 bits per heavy atom. The molecule has 0 N–H and O–H groups in total. The SMILES string of the molecule is Brc1cc(Br)c2c(c1)C=CC(OC1C=Cc3cc(Br)cc(Br)c3O1)O2. The van der Waals surface area contributed by atoms with Crippen molar-refractivity contribution in [1.29, 1.82) is 0 Å². The van der Waals surface area contributed by atoms with Gasteiger partial charge in [-0.25, -0.2) is 0 Å². The zero-order valence-electron chi connectivity index (χ0n) is 12.5. The highest BCUT2D eigenvalue weighted by molar-refractivity contribution is 9.11. The fraction of sp³-hybridized carbons (Fsp3) is 0.111. The lowest BCUT2D eigenvalue weighted by Crippen LogP contribution is -2.30. The molecule has 7 heteroatoms. The van der Waals surface area contributed by atoms with Crippen molar-refractivity contribution in [3.63, 3.8) is 0 Å². The van der Waals surface area contributed by atoms with Crippen LogP contribution in [0.3, 0.4) is 0 Å². The van der Waals surface area contributed by atoms with Crippen molar-refractivity contribution in [3.05, 3.63) is 65.4 Å². The number of rotatable bonds is 2. The number of fused-ring (bicyclic) bond motifs is 2. The van der Waals surface area contributed by atoms with Crippen LogP contribution in [-0.2, 0) is 4.74 Å². The zero-order chi connectivity index (χ0) is 17.6. The quantitative estimate of drug-likeness (QED) is 0.379. The maximum atomic E-state index is 5.95. The fourth-order valence-electron chi connectivity index (χ4n) is 2.61. The monoisotopic (exact) mass is 590 g/mol. The smallest absolute Gasteiger partial charge is 0.223 e. The molecule has 0 spiro atoms. The number of hydrogen-bond acceptors (Lipinski definition) is 3. The predicted molar refractivity (Wildman–Crippen MR) is 112 cm³/mol. The van der Waals surface area contributed by atoms with Gasteiger partial charge in [-0.3, -0.25) is 4.74 Å². The molecule has 0 aliphatic carbocycles. The summed E-state index contributed by atoms with van der Waals surface area (Å²) in [4.78, 5) is 0. The minimum absolute atomic E-state index is 0.532. The van der Waals surface area contributed by atoms with Gasteiger partial charge < -0.3 is 9.47 Å². The van der Waals surface area contributed by atoms with E-state index in [2.05, 4.69) is 63.7 Å². The second kappa shape index (κ2) is 7.19. The van der Waals surface area contributed by atoms with E-state index in [4.69, 9.17) is 14.2 Å². The molecule has 0 amide bonds. The summed E-state index contributed by atoms with van der Waals surface area (Å²) in [5.41, 5.74) is 1.97. The molecule has 2 aromatic rings. The van der Waals surface area contributed by atoms with Crippen LogP contribution in [-0.4, -0.2) is 12.6 Å². The van der Waals surface area contributed by atoms with Crippen LogP contribution in [0.4, 0.5) is 0 Å². The molecule has 2 aromatic carbocycles. The topological polar surface area (TPSA) is 27.7 Å². The molecule has 0 saturated heterocycles. The van der Waals surface area contributed by atoms with Gasteiger partial charge in [-0.1, -0.05) is 31.9 Å². The Bertz CT molecular complexity index is 834. The summed E-state index contributed by atoms with van der Waals surface area (Å²) in [6.07, 6.45) is 6.62. The van der Waals surface area contributed by atoms with Crippen molar-refractivity contribution in [2.75, 3.05) is 0 Å². The molecule has 0 fully saturated rings. The van der Waals surface area contributed by atoms with Crippen LogP contribution in [0.1, 0.15) is 11.1 Å². The van der Waals surface area contributed by atoms with E-state index in [-0.39, 0.29) is 0 Å². The number of halogens is 4. The lowest BCUT2D eigenvalue weighted by atomic mass is 10.1.